The van der Waals surface area contributed by atoms with Crippen molar-refractivity contribution < 1.29 is 28.6 Å². The highest BCUT2D eigenvalue weighted by Gasteiger charge is 2.47. The molecule has 35 heavy (non-hydrogen) atoms. The van der Waals surface area contributed by atoms with Crippen molar-refractivity contribution in [3.05, 3.63) is 52.4 Å². The summed E-state index contributed by atoms with van der Waals surface area (Å²) in [7, 11) is 1.30. The molecule has 0 aromatic heterocycles. The lowest BCUT2D eigenvalue weighted by atomic mass is 9.69. The summed E-state index contributed by atoms with van der Waals surface area (Å²) in [4.78, 5) is 39.9. The number of hydrogen-bond acceptors (Lipinski definition) is 7. The molecule has 3 aliphatic rings. The second-order valence-corrected chi connectivity index (χ2v) is 9.70. The zero-order chi connectivity index (χ0) is 25.1. The Labute approximate surface area is 206 Å². The van der Waals surface area contributed by atoms with Crippen molar-refractivity contribution in [2.24, 2.45) is 11.8 Å². The molecule has 0 bridgehead atoms. The van der Waals surface area contributed by atoms with Gasteiger partial charge in [-0.1, -0.05) is 25.5 Å². The quantitative estimate of drug-likeness (QED) is 0.470. The standard InChI is InChI=1S/C28H35NO6/c1-5-34-19-13-11-18(12-14-19)24-23(28(32)35-20-9-7-6-8-10-20)17(3)29-21-15-16(2)22(27(31)33-4)26(30)25(21)24/h11-14,16,20,22,24,29H,5-10,15H2,1-4H3/t16-,22+,24+/m1/s1. The maximum Gasteiger partial charge on any atom is 0.337 e. The van der Waals surface area contributed by atoms with Gasteiger partial charge >= 0.3 is 11.9 Å². The molecule has 1 aliphatic heterocycles. The number of carbonyl (C=O) groups is 3. The van der Waals surface area contributed by atoms with Gasteiger partial charge in [-0.3, -0.25) is 9.59 Å². The molecule has 2 aliphatic carbocycles. The lowest BCUT2D eigenvalue weighted by Crippen LogP contribution is -2.43. The van der Waals surface area contributed by atoms with Crippen LogP contribution in [0.5, 0.6) is 5.75 Å². The van der Waals surface area contributed by atoms with Gasteiger partial charge in [0.1, 0.15) is 17.8 Å². The normalized spacial score (nSPS) is 25.0. The lowest BCUT2D eigenvalue weighted by molar-refractivity contribution is -0.151. The summed E-state index contributed by atoms with van der Waals surface area (Å²) in [5.41, 5.74) is 3.09. The highest BCUT2D eigenvalue weighted by Crippen LogP contribution is 2.46. The first-order valence-corrected chi connectivity index (χ1v) is 12.6. The molecule has 1 fully saturated rings. The van der Waals surface area contributed by atoms with Crippen molar-refractivity contribution in [1.29, 1.82) is 0 Å². The van der Waals surface area contributed by atoms with Crippen LogP contribution in [0.15, 0.2) is 46.8 Å². The van der Waals surface area contributed by atoms with Gasteiger partial charge in [0.2, 0.25) is 0 Å². The Balaban J connectivity index is 1.77. The van der Waals surface area contributed by atoms with Gasteiger partial charge in [0.15, 0.2) is 5.78 Å². The third kappa shape index (κ3) is 5.00. The number of Topliss-reactive ketones (excluding diaryl/α,β-unsaturated/α-hetero) is 1. The van der Waals surface area contributed by atoms with Gasteiger partial charge in [-0.2, -0.15) is 0 Å². The van der Waals surface area contributed by atoms with Crippen molar-refractivity contribution in [3.63, 3.8) is 0 Å². The summed E-state index contributed by atoms with van der Waals surface area (Å²) in [6, 6.07) is 7.44. The van der Waals surface area contributed by atoms with Crippen LogP contribution in [0.4, 0.5) is 0 Å². The third-order valence-electron chi connectivity index (χ3n) is 7.31. The second-order valence-electron chi connectivity index (χ2n) is 9.70. The van der Waals surface area contributed by atoms with Crippen molar-refractivity contribution in [1.82, 2.24) is 5.32 Å². The molecule has 0 amide bonds. The molecule has 188 valence electrons. The number of ether oxygens (including phenoxy) is 3. The Bertz CT molecular complexity index is 1050. The molecule has 0 radical (unpaired) electrons. The van der Waals surface area contributed by atoms with Crippen molar-refractivity contribution in [3.8, 4) is 5.75 Å². The van der Waals surface area contributed by atoms with E-state index >= 15 is 0 Å². The number of rotatable bonds is 6. The second kappa shape index (κ2) is 10.7. The molecule has 3 atom stereocenters. The smallest absolute Gasteiger partial charge is 0.337 e. The maximum absolute atomic E-state index is 13.8. The maximum atomic E-state index is 13.8. The number of esters is 2. The van der Waals surface area contributed by atoms with Crippen LogP contribution in [-0.2, 0) is 23.9 Å². The number of hydrogen-bond donors (Lipinski definition) is 1. The summed E-state index contributed by atoms with van der Waals surface area (Å²) in [6.07, 6.45) is 5.35. The van der Waals surface area contributed by atoms with Crippen LogP contribution in [0.3, 0.4) is 0 Å². The largest absolute Gasteiger partial charge is 0.494 e. The topological polar surface area (TPSA) is 90.9 Å². The average Bonchev–Trinajstić information content (AvgIpc) is 2.84. The summed E-state index contributed by atoms with van der Waals surface area (Å²) >= 11 is 0. The van der Waals surface area contributed by atoms with Gasteiger partial charge in [-0.25, -0.2) is 4.79 Å². The van der Waals surface area contributed by atoms with Gasteiger partial charge in [0.05, 0.1) is 19.3 Å². The zero-order valence-electron chi connectivity index (χ0n) is 21.0. The van der Waals surface area contributed by atoms with Crippen LogP contribution >= 0.6 is 0 Å². The molecular formula is C28H35NO6. The van der Waals surface area contributed by atoms with Crippen molar-refractivity contribution in [2.75, 3.05) is 13.7 Å². The number of carbonyl (C=O) groups excluding carboxylic acids is 3. The number of methoxy groups -OCH3 is 1. The Morgan fingerprint density at radius 3 is 2.40 bits per heavy atom. The number of allylic oxidation sites excluding steroid dienone is 3. The Morgan fingerprint density at radius 2 is 1.77 bits per heavy atom. The van der Waals surface area contributed by atoms with E-state index in [0.717, 1.165) is 43.4 Å². The molecule has 0 spiro atoms. The van der Waals surface area contributed by atoms with Crippen LogP contribution in [0.25, 0.3) is 0 Å². The molecule has 7 heteroatoms. The average molecular weight is 482 g/mol. The van der Waals surface area contributed by atoms with Gasteiger partial charge in [-0.05, 0) is 69.6 Å². The molecule has 0 unspecified atom stereocenters. The zero-order valence-corrected chi connectivity index (χ0v) is 21.0. The SMILES string of the molecule is CCOc1ccc([C@H]2C(C(=O)OC3CCCCC3)=C(C)NC3=C2C(=O)[C@@H](C(=O)OC)[C@H](C)C3)cc1. The van der Waals surface area contributed by atoms with E-state index in [1.54, 1.807) is 0 Å². The fourth-order valence-corrected chi connectivity index (χ4v) is 5.61. The number of nitrogens with one attached hydrogen (secondary N) is 1. The highest BCUT2D eigenvalue weighted by molar-refractivity contribution is 6.12. The molecule has 1 aromatic rings. The number of dihydropyridines is 1. The molecule has 7 nitrogen and oxygen atoms in total. The van der Waals surface area contributed by atoms with Crippen LogP contribution in [-0.4, -0.2) is 37.5 Å². The fraction of sp³-hybridized carbons (Fsp3) is 0.536. The van der Waals surface area contributed by atoms with Gasteiger partial charge < -0.3 is 19.5 Å². The Hall–Kier alpha value is -3.09. The van der Waals surface area contributed by atoms with E-state index in [9.17, 15) is 14.4 Å². The molecule has 0 saturated heterocycles. The van der Waals surface area contributed by atoms with Crippen LogP contribution < -0.4 is 10.1 Å². The summed E-state index contributed by atoms with van der Waals surface area (Å²) in [6.45, 7) is 6.18. The minimum absolute atomic E-state index is 0.113. The molecule has 1 N–H and O–H groups in total. The lowest BCUT2D eigenvalue weighted by Gasteiger charge is -2.38. The van der Waals surface area contributed by atoms with E-state index in [2.05, 4.69) is 5.32 Å². The summed E-state index contributed by atoms with van der Waals surface area (Å²) < 4.78 is 16.5. The Morgan fingerprint density at radius 1 is 1.09 bits per heavy atom. The molecule has 1 saturated carbocycles. The molecule has 1 heterocycles. The Kier molecular flexibility index (Phi) is 7.63. The summed E-state index contributed by atoms with van der Waals surface area (Å²) in [5.74, 6) is -2.30. The van der Waals surface area contributed by atoms with E-state index in [-0.39, 0.29) is 17.8 Å². The first-order valence-electron chi connectivity index (χ1n) is 12.6. The predicted molar refractivity (Wildman–Crippen MR) is 130 cm³/mol. The van der Waals surface area contributed by atoms with Crippen LogP contribution in [0.2, 0.25) is 0 Å². The molecular weight excluding hydrogens is 446 g/mol. The minimum Gasteiger partial charge on any atom is -0.494 e. The highest BCUT2D eigenvalue weighted by atomic mass is 16.5. The van der Waals surface area contributed by atoms with Gasteiger partial charge in [0, 0.05) is 22.9 Å². The van der Waals surface area contributed by atoms with E-state index in [1.165, 1.54) is 7.11 Å². The third-order valence-corrected chi connectivity index (χ3v) is 7.31. The van der Waals surface area contributed by atoms with Crippen molar-refractivity contribution >= 4 is 17.7 Å². The number of ketones is 1. The minimum atomic E-state index is -0.903. The van der Waals surface area contributed by atoms with Gasteiger partial charge in [0.25, 0.3) is 0 Å². The van der Waals surface area contributed by atoms with Crippen LogP contribution in [0.1, 0.15) is 70.8 Å². The van der Waals surface area contributed by atoms with Crippen LogP contribution in [0, 0.1) is 11.8 Å². The first-order chi connectivity index (χ1) is 16.8. The molecule has 4 rings (SSSR count). The van der Waals surface area contributed by atoms with E-state index in [1.807, 2.05) is 45.0 Å². The summed E-state index contributed by atoms with van der Waals surface area (Å²) in [5, 5.41) is 3.32. The fourth-order valence-electron chi connectivity index (χ4n) is 5.61. The molecule has 1 aromatic carbocycles. The first kappa shape index (κ1) is 25.0. The van der Waals surface area contributed by atoms with E-state index in [4.69, 9.17) is 14.2 Å². The van der Waals surface area contributed by atoms with Crippen molar-refractivity contribution in [2.45, 2.75) is 71.3 Å². The monoisotopic (exact) mass is 481 g/mol. The van der Waals surface area contributed by atoms with Gasteiger partial charge in [-0.15, -0.1) is 0 Å². The van der Waals surface area contributed by atoms with E-state index in [0.29, 0.717) is 35.6 Å². The number of benzene rings is 1. The predicted octanol–water partition coefficient (Wildman–Crippen LogP) is 4.57. The van der Waals surface area contributed by atoms with E-state index < -0.39 is 23.8 Å².